The van der Waals surface area contributed by atoms with E-state index < -0.39 is 28.3 Å². The van der Waals surface area contributed by atoms with Crippen LogP contribution in [0.3, 0.4) is 0 Å². The number of hydrogen-bond acceptors (Lipinski definition) is 5. The van der Waals surface area contributed by atoms with Crippen LogP contribution in [-0.4, -0.2) is 72.2 Å². The number of benzene rings is 1. The Morgan fingerprint density at radius 1 is 1.22 bits per heavy atom. The lowest BCUT2D eigenvalue weighted by Gasteiger charge is -2.43. The summed E-state index contributed by atoms with van der Waals surface area (Å²) in [5, 5.41) is 6.54. The summed E-state index contributed by atoms with van der Waals surface area (Å²) in [6, 6.07) is 5.27. The number of alkyl halides is 3. The minimum atomic E-state index is -4.72. The molecule has 13 heteroatoms. The number of nitrogens with zero attached hydrogens (tertiary/aromatic N) is 4. The number of likely N-dealkylation sites (tertiary alicyclic amines) is 1. The van der Waals surface area contributed by atoms with Gasteiger partial charge in [0.1, 0.15) is 12.3 Å². The van der Waals surface area contributed by atoms with Gasteiger partial charge in [0.05, 0.1) is 34.9 Å². The molecule has 1 aliphatic heterocycles. The number of rotatable bonds is 7. The third-order valence-corrected chi connectivity index (χ3v) is 6.96. The van der Waals surface area contributed by atoms with E-state index in [9.17, 15) is 22.8 Å². The van der Waals surface area contributed by atoms with Crippen LogP contribution in [0, 0.1) is 6.92 Å². The summed E-state index contributed by atoms with van der Waals surface area (Å²) >= 11 is 12.0. The highest BCUT2D eigenvalue weighted by Gasteiger charge is 2.41. The molecule has 198 valence electrons. The summed E-state index contributed by atoms with van der Waals surface area (Å²) in [6.07, 6.45) is -3.95. The number of carbonyl (C=O) groups excluding carboxylic acids is 2. The van der Waals surface area contributed by atoms with Gasteiger partial charge in [-0.15, -0.1) is 0 Å². The van der Waals surface area contributed by atoms with Crippen LogP contribution in [0.5, 0.6) is 5.75 Å². The molecule has 0 bridgehead atoms. The quantitative estimate of drug-likeness (QED) is 0.569. The molecule has 1 aliphatic rings. The summed E-state index contributed by atoms with van der Waals surface area (Å²) in [7, 11) is 5.07. The number of amides is 2. The second-order valence-electron chi connectivity index (χ2n) is 9.00. The Morgan fingerprint density at radius 2 is 1.86 bits per heavy atom. The van der Waals surface area contributed by atoms with Crippen LogP contribution in [0.1, 0.15) is 29.8 Å². The maximum Gasteiger partial charge on any atom is 0.436 e. The number of methoxy groups -OCH3 is 1. The maximum absolute atomic E-state index is 13.1. The first kappa shape index (κ1) is 28.1. The first-order valence-corrected chi connectivity index (χ1v) is 11.9. The van der Waals surface area contributed by atoms with Crippen LogP contribution in [0.2, 0.25) is 10.0 Å². The molecule has 0 unspecified atom stereocenters. The van der Waals surface area contributed by atoms with Crippen molar-refractivity contribution in [2.75, 3.05) is 40.8 Å². The molecule has 1 aromatic heterocycles. The molecule has 3 rings (SSSR count). The molecule has 1 aromatic carbocycles. The van der Waals surface area contributed by atoms with Crippen molar-refractivity contribution in [3.8, 4) is 5.75 Å². The molecule has 8 nitrogen and oxygen atoms in total. The molecule has 0 atom stereocenters. The van der Waals surface area contributed by atoms with Gasteiger partial charge in [-0.1, -0.05) is 29.3 Å². The summed E-state index contributed by atoms with van der Waals surface area (Å²) in [5.74, 6) is -0.122. The van der Waals surface area contributed by atoms with Gasteiger partial charge >= 0.3 is 6.18 Å². The van der Waals surface area contributed by atoms with Gasteiger partial charge in [-0.2, -0.15) is 18.3 Å². The first-order chi connectivity index (χ1) is 16.8. The van der Waals surface area contributed by atoms with E-state index in [2.05, 4.69) is 10.4 Å². The van der Waals surface area contributed by atoms with E-state index in [1.54, 1.807) is 36.0 Å². The smallest absolute Gasteiger partial charge is 0.436 e. The third kappa shape index (κ3) is 6.07. The fourth-order valence-electron chi connectivity index (χ4n) is 4.26. The largest absolute Gasteiger partial charge is 0.495 e. The van der Waals surface area contributed by atoms with Gasteiger partial charge in [0.25, 0.3) is 0 Å². The van der Waals surface area contributed by atoms with Gasteiger partial charge in [-0.25, -0.2) is 0 Å². The molecule has 1 N–H and O–H groups in total. The van der Waals surface area contributed by atoms with Crippen LogP contribution in [0.25, 0.3) is 0 Å². The lowest BCUT2D eigenvalue weighted by Crippen LogP contribution is -2.55. The average Bonchev–Trinajstić information content (AvgIpc) is 3.08. The number of nitrogens with one attached hydrogen (secondary N) is 1. The highest BCUT2D eigenvalue weighted by atomic mass is 35.5. The van der Waals surface area contributed by atoms with Crippen LogP contribution in [-0.2, 0) is 27.8 Å². The first-order valence-electron chi connectivity index (χ1n) is 11.1. The zero-order valence-electron chi connectivity index (χ0n) is 20.4. The fourth-order valence-corrected chi connectivity index (χ4v) is 4.70. The zero-order valence-corrected chi connectivity index (χ0v) is 21.9. The molecule has 0 saturated carbocycles. The SMILES string of the molecule is COc1cc(C2(NC(=O)CN(C)C)CCN(C(=O)Cn3nc(C(F)(F)F)c(Cl)c3C)CC2)ccc1Cl. The molecular formula is C23H28Cl2F3N5O3. The predicted molar refractivity (Wildman–Crippen MR) is 129 cm³/mol. The Morgan fingerprint density at radius 3 is 2.39 bits per heavy atom. The molecular weight excluding hydrogens is 522 g/mol. The summed E-state index contributed by atoms with van der Waals surface area (Å²) in [6.45, 7) is 1.72. The van der Waals surface area contributed by atoms with Crippen molar-refractivity contribution < 1.29 is 27.5 Å². The van der Waals surface area contributed by atoms with Crippen LogP contribution in [0.15, 0.2) is 18.2 Å². The number of piperidine rings is 1. The van der Waals surface area contributed by atoms with Gasteiger partial charge < -0.3 is 19.9 Å². The Labute approximate surface area is 217 Å². The molecule has 0 spiro atoms. The fraction of sp³-hybridized carbons (Fsp3) is 0.522. The minimum Gasteiger partial charge on any atom is -0.495 e. The number of ether oxygens (including phenoxy) is 1. The van der Waals surface area contributed by atoms with Crippen molar-refractivity contribution in [2.45, 2.75) is 38.0 Å². The van der Waals surface area contributed by atoms with E-state index in [1.165, 1.54) is 14.0 Å². The molecule has 2 amide bonds. The number of carbonyl (C=O) groups is 2. The van der Waals surface area contributed by atoms with Crippen LogP contribution < -0.4 is 10.1 Å². The van der Waals surface area contributed by atoms with Gasteiger partial charge in [0.2, 0.25) is 11.8 Å². The normalized spacial score (nSPS) is 15.8. The number of aromatic nitrogens is 2. The Hall–Kier alpha value is -2.50. The van der Waals surface area contributed by atoms with E-state index >= 15 is 0 Å². The molecule has 2 heterocycles. The number of likely N-dealkylation sites (N-methyl/N-ethyl adjacent to an activating group) is 1. The number of hydrogen-bond donors (Lipinski definition) is 1. The van der Waals surface area contributed by atoms with Crippen molar-refractivity contribution in [2.24, 2.45) is 0 Å². The molecule has 36 heavy (non-hydrogen) atoms. The predicted octanol–water partition coefficient (Wildman–Crippen LogP) is 3.72. The topological polar surface area (TPSA) is 79.7 Å². The minimum absolute atomic E-state index is 0.0629. The summed E-state index contributed by atoms with van der Waals surface area (Å²) < 4.78 is 45.7. The van der Waals surface area contributed by atoms with Gasteiger partial charge in [-0.05, 0) is 51.6 Å². The monoisotopic (exact) mass is 549 g/mol. The van der Waals surface area contributed by atoms with Crippen molar-refractivity contribution >= 4 is 35.0 Å². The zero-order chi connectivity index (χ0) is 26.8. The summed E-state index contributed by atoms with van der Waals surface area (Å²) in [5.41, 5.74) is -1.15. The Kier molecular flexibility index (Phi) is 8.47. The molecule has 2 aromatic rings. The van der Waals surface area contributed by atoms with E-state index in [0.717, 1.165) is 10.2 Å². The van der Waals surface area contributed by atoms with Gasteiger partial charge in [0.15, 0.2) is 5.69 Å². The second-order valence-corrected chi connectivity index (χ2v) is 9.79. The Balaban J connectivity index is 1.80. The molecule has 1 saturated heterocycles. The highest BCUT2D eigenvalue weighted by molar-refractivity contribution is 6.32. The van der Waals surface area contributed by atoms with Crippen LogP contribution in [0.4, 0.5) is 13.2 Å². The van der Waals surface area contributed by atoms with E-state index in [1.807, 2.05) is 6.07 Å². The lowest BCUT2D eigenvalue weighted by molar-refractivity contribution is -0.142. The standard InChI is InChI=1S/C23H28Cl2F3N5O3/c1-14-20(25)21(23(26,27)28)30-33(14)13-19(35)32-9-7-22(8-10-32,29-18(34)12-31(2)3)15-5-6-16(24)17(11-15)36-4/h5-6,11H,7-10,12-13H2,1-4H3,(H,29,34). The summed E-state index contributed by atoms with van der Waals surface area (Å²) in [4.78, 5) is 29.0. The average molecular weight is 550 g/mol. The molecule has 1 fully saturated rings. The molecule has 0 aliphatic carbocycles. The highest BCUT2D eigenvalue weighted by Crippen LogP contribution is 2.38. The van der Waals surface area contributed by atoms with Crippen molar-refractivity contribution in [3.63, 3.8) is 0 Å². The van der Waals surface area contributed by atoms with E-state index in [4.69, 9.17) is 27.9 Å². The van der Waals surface area contributed by atoms with Crippen molar-refractivity contribution in [3.05, 3.63) is 45.2 Å². The van der Waals surface area contributed by atoms with Crippen LogP contribution >= 0.6 is 23.2 Å². The van der Waals surface area contributed by atoms with Crippen molar-refractivity contribution in [1.29, 1.82) is 0 Å². The second kappa shape index (κ2) is 10.9. The van der Waals surface area contributed by atoms with Gasteiger partial charge in [-0.3, -0.25) is 14.3 Å². The maximum atomic E-state index is 13.1. The Bertz CT molecular complexity index is 1130. The van der Waals surface area contributed by atoms with E-state index in [0.29, 0.717) is 23.6 Å². The van der Waals surface area contributed by atoms with Crippen molar-refractivity contribution in [1.82, 2.24) is 24.9 Å². The third-order valence-electron chi connectivity index (χ3n) is 6.20. The lowest BCUT2D eigenvalue weighted by atomic mass is 9.80. The van der Waals surface area contributed by atoms with Gasteiger partial charge in [0, 0.05) is 13.1 Å². The van der Waals surface area contributed by atoms with E-state index in [-0.39, 0.29) is 37.8 Å². The molecule has 0 radical (unpaired) electrons. The number of halogens is 5.